The molecule has 1 heterocycles. The van der Waals surface area contributed by atoms with Gasteiger partial charge in [-0.3, -0.25) is 0 Å². The summed E-state index contributed by atoms with van der Waals surface area (Å²) in [4.78, 5) is 12.3. The number of rotatable bonds is 7. The molecule has 0 aromatic heterocycles. The van der Waals surface area contributed by atoms with Gasteiger partial charge >= 0.3 is 5.97 Å². The lowest BCUT2D eigenvalue weighted by Gasteiger charge is -2.12. The van der Waals surface area contributed by atoms with Crippen molar-refractivity contribution in [2.75, 3.05) is 35.0 Å². The minimum atomic E-state index is -0.291. The molecule has 2 aromatic carbocycles. The molecular formula is C22H24O6. The van der Waals surface area contributed by atoms with Gasteiger partial charge in [-0.05, 0) is 47.9 Å². The Bertz CT molecular complexity index is 887. The molecule has 1 aliphatic rings. The summed E-state index contributed by atoms with van der Waals surface area (Å²) in [6, 6.07) is 11.3. The first-order chi connectivity index (χ1) is 13.6. The van der Waals surface area contributed by atoms with E-state index in [1.54, 1.807) is 28.4 Å². The number of esters is 1. The van der Waals surface area contributed by atoms with E-state index in [0.29, 0.717) is 41.6 Å². The van der Waals surface area contributed by atoms with E-state index in [1.807, 2.05) is 42.5 Å². The second-order valence-electron chi connectivity index (χ2n) is 6.40. The van der Waals surface area contributed by atoms with Crippen molar-refractivity contribution in [1.82, 2.24) is 0 Å². The van der Waals surface area contributed by atoms with Crippen LogP contribution in [-0.4, -0.2) is 41.0 Å². The number of methoxy groups -OCH3 is 4. The van der Waals surface area contributed by atoms with Crippen LogP contribution in [0.2, 0.25) is 0 Å². The van der Waals surface area contributed by atoms with E-state index in [1.165, 1.54) is 0 Å². The van der Waals surface area contributed by atoms with Crippen LogP contribution in [0.1, 0.15) is 11.1 Å². The van der Waals surface area contributed by atoms with Gasteiger partial charge in [-0.15, -0.1) is 0 Å². The topological polar surface area (TPSA) is 63.2 Å². The summed E-state index contributed by atoms with van der Waals surface area (Å²) in [5.74, 6) is 2.25. The van der Waals surface area contributed by atoms with Crippen molar-refractivity contribution >= 4 is 12.0 Å². The standard InChI is InChI=1S/C22H24O6/c1-24-18-7-5-14(11-20(18)26-3)9-16-13-28-22(23)17(16)10-15-6-8-19(25-2)21(12-15)27-4/h5-8,10-12,16H,9,13H2,1-4H3/b17-10+. The molecular weight excluding hydrogens is 360 g/mol. The first kappa shape index (κ1) is 19.6. The third-order valence-corrected chi connectivity index (χ3v) is 4.75. The zero-order chi connectivity index (χ0) is 20.1. The number of carbonyl (C=O) groups excluding carboxylic acids is 1. The van der Waals surface area contributed by atoms with Crippen molar-refractivity contribution in [1.29, 1.82) is 0 Å². The van der Waals surface area contributed by atoms with Crippen molar-refractivity contribution in [3.8, 4) is 23.0 Å². The van der Waals surface area contributed by atoms with Gasteiger partial charge in [0.2, 0.25) is 0 Å². The first-order valence-corrected chi connectivity index (χ1v) is 8.91. The maximum absolute atomic E-state index is 12.3. The molecule has 0 saturated carbocycles. The summed E-state index contributed by atoms with van der Waals surface area (Å²) in [6.45, 7) is 0.353. The highest BCUT2D eigenvalue weighted by Crippen LogP contribution is 2.33. The first-order valence-electron chi connectivity index (χ1n) is 8.91. The Morgan fingerprint density at radius 1 is 0.893 bits per heavy atom. The molecule has 6 heteroatoms. The van der Waals surface area contributed by atoms with Crippen LogP contribution >= 0.6 is 0 Å². The summed E-state index contributed by atoms with van der Waals surface area (Å²) < 4.78 is 26.6. The van der Waals surface area contributed by atoms with Crippen molar-refractivity contribution in [3.05, 3.63) is 53.1 Å². The Morgan fingerprint density at radius 2 is 1.50 bits per heavy atom. The van der Waals surface area contributed by atoms with Gasteiger partial charge in [0.25, 0.3) is 0 Å². The van der Waals surface area contributed by atoms with Crippen molar-refractivity contribution in [3.63, 3.8) is 0 Å². The van der Waals surface area contributed by atoms with Gasteiger partial charge in [0.1, 0.15) is 0 Å². The molecule has 1 fully saturated rings. The monoisotopic (exact) mass is 384 g/mol. The molecule has 0 N–H and O–H groups in total. The zero-order valence-electron chi connectivity index (χ0n) is 16.5. The molecule has 1 atom stereocenters. The van der Waals surface area contributed by atoms with Crippen LogP contribution in [0.4, 0.5) is 0 Å². The van der Waals surface area contributed by atoms with Crippen LogP contribution in [0, 0.1) is 5.92 Å². The summed E-state index contributed by atoms with van der Waals surface area (Å²) in [5, 5.41) is 0. The lowest BCUT2D eigenvalue weighted by atomic mass is 9.92. The van der Waals surface area contributed by atoms with Crippen molar-refractivity contribution < 1.29 is 28.5 Å². The largest absolute Gasteiger partial charge is 0.493 e. The maximum atomic E-state index is 12.3. The highest BCUT2D eigenvalue weighted by molar-refractivity contribution is 5.96. The minimum Gasteiger partial charge on any atom is -0.493 e. The van der Waals surface area contributed by atoms with Gasteiger partial charge in [0.15, 0.2) is 23.0 Å². The summed E-state index contributed by atoms with van der Waals surface area (Å²) in [5.41, 5.74) is 2.53. The number of hydrogen-bond donors (Lipinski definition) is 0. The fourth-order valence-electron chi connectivity index (χ4n) is 3.28. The molecule has 6 nitrogen and oxygen atoms in total. The Kier molecular flexibility index (Phi) is 6.09. The lowest BCUT2D eigenvalue weighted by molar-refractivity contribution is -0.135. The highest BCUT2D eigenvalue weighted by atomic mass is 16.5. The Morgan fingerprint density at radius 3 is 2.14 bits per heavy atom. The van der Waals surface area contributed by atoms with Crippen LogP contribution < -0.4 is 18.9 Å². The SMILES string of the molecule is COc1ccc(/C=C2/C(=O)OCC2Cc2ccc(OC)c(OC)c2)cc1OC. The average Bonchev–Trinajstić information content (AvgIpc) is 3.06. The van der Waals surface area contributed by atoms with Crippen LogP contribution in [0.5, 0.6) is 23.0 Å². The van der Waals surface area contributed by atoms with E-state index in [4.69, 9.17) is 23.7 Å². The minimum absolute atomic E-state index is 0.0429. The van der Waals surface area contributed by atoms with E-state index < -0.39 is 0 Å². The molecule has 1 unspecified atom stereocenters. The predicted molar refractivity (Wildman–Crippen MR) is 105 cm³/mol. The van der Waals surface area contributed by atoms with Crippen LogP contribution in [0.25, 0.3) is 6.08 Å². The third-order valence-electron chi connectivity index (χ3n) is 4.75. The molecule has 3 rings (SSSR count). The van der Waals surface area contributed by atoms with Gasteiger partial charge in [0, 0.05) is 11.5 Å². The Hall–Kier alpha value is -3.15. The Balaban J connectivity index is 1.86. The summed E-state index contributed by atoms with van der Waals surface area (Å²) in [7, 11) is 6.37. The molecule has 0 spiro atoms. The fourth-order valence-corrected chi connectivity index (χ4v) is 3.28. The molecule has 0 bridgehead atoms. The summed E-state index contributed by atoms with van der Waals surface area (Å²) >= 11 is 0. The number of ether oxygens (including phenoxy) is 5. The smallest absolute Gasteiger partial charge is 0.334 e. The molecule has 0 amide bonds. The van der Waals surface area contributed by atoms with E-state index in [2.05, 4.69) is 0 Å². The van der Waals surface area contributed by atoms with Gasteiger partial charge in [-0.25, -0.2) is 4.79 Å². The second-order valence-corrected chi connectivity index (χ2v) is 6.40. The number of cyclic esters (lactones) is 1. The van der Waals surface area contributed by atoms with Crippen LogP contribution in [0.15, 0.2) is 42.0 Å². The molecule has 1 aliphatic heterocycles. The van der Waals surface area contributed by atoms with Crippen molar-refractivity contribution in [2.24, 2.45) is 5.92 Å². The molecule has 2 aromatic rings. The molecule has 0 radical (unpaired) electrons. The van der Waals surface area contributed by atoms with Gasteiger partial charge < -0.3 is 23.7 Å². The fraction of sp³-hybridized carbons (Fsp3) is 0.318. The van der Waals surface area contributed by atoms with E-state index >= 15 is 0 Å². The van der Waals surface area contributed by atoms with Crippen LogP contribution in [0.3, 0.4) is 0 Å². The summed E-state index contributed by atoms with van der Waals surface area (Å²) in [6.07, 6.45) is 2.51. The zero-order valence-corrected chi connectivity index (χ0v) is 16.5. The maximum Gasteiger partial charge on any atom is 0.334 e. The predicted octanol–water partition coefficient (Wildman–Crippen LogP) is 3.52. The number of carbonyl (C=O) groups is 1. The highest BCUT2D eigenvalue weighted by Gasteiger charge is 2.30. The quantitative estimate of drug-likeness (QED) is 0.538. The average molecular weight is 384 g/mol. The van der Waals surface area contributed by atoms with Gasteiger partial charge in [-0.1, -0.05) is 12.1 Å². The Labute approximate surface area is 164 Å². The van der Waals surface area contributed by atoms with E-state index in [0.717, 1.165) is 11.1 Å². The van der Waals surface area contributed by atoms with E-state index in [9.17, 15) is 4.79 Å². The lowest BCUT2D eigenvalue weighted by Crippen LogP contribution is -2.08. The third kappa shape index (κ3) is 4.06. The van der Waals surface area contributed by atoms with Crippen molar-refractivity contribution in [2.45, 2.75) is 6.42 Å². The van der Waals surface area contributed by atoms with Gasteiger partial charge in [-0.2, -0.15) is 0 Å². The number of benzene rings is 2. The van der Waals surface area contributed by atoms with Gasteiger partial charge in [0.05, 0.1) is 35.0 Å². The second kappa shape index (κ2) is 8.69. The normalized spacial score (nSPS) is 17.4. The van der Waals surface area contributed by atoms with E-state index in [-0.39, 0.29) is 11.9 Å². The molecule has 1 saturated heterocycles. The molecule has 0 aliphatic carbocycles. The molecule has 28 heavy (non-hydrogen) atoms. The van der Waals surface area contributed by atoms with Crippen LogP contribution in [-0.2, 0) is 16.0 Å². The number of hydrogen-bond acceptors (Lipinski definition) is 6. The molecule has 148 valence electrons.